The van der Waals surface area contributed by atoms with Crippen LogP contribution in [0.5, 0.6) is 0 Å². The molecule has 1 saturated carbocycles. The van der Waals surface area contributed by atoms with Gasteiger partial charge in [0.05, 0.1) is 6.20 Å². The number of pyridine rings is 1. The van der Waals surface area contributed by atoms with Gasteiger partial charge in [0.25, 0.3) is 0 Å². The molecule has 0 aliphatic heterocycles. The zero-order chi connectivity index (χ0) is 8.60. The molecular weight excluding hydrogens is 146 g/mol. The molecule has 2 atom stereocenters. The second-order valence-corrected chi connectivity index (χ2v) is 4.21. The van der Waals surface area contributed by atoms with Gasteiger partial charge in [-0.25, -0.2) is 0 Å². The Morgan fingerprint density at radius 1 is 1.75 bits per heavy atom. The fourth-order valence-electron chi connectivity index (χ4n) is 1.78. The molecule has 1 nitrogen and oxygen atoms in total. The van der Waals surface area contributed by atoms with E-state index >= 15 is 0 Å². The van der Waals surface area contributed by atoms with Gasteiger partial charge < -0.3 is 0 Å². The maximum Gasteiger partial charge on any atom is 0.0921 e. The molecule has 12 heavy (non-hydrogen) atoms. The zero-order valence-electron chi connectivity index (χ0n) is 7.67. The van der Waals surface area contributed by atoms with Crippen molar-refractivity contribution in [2.24, 2.45) is 11.3 Å². The molecule has 1 heterocycles. The Labute approximate surface area is 73.8 Å². The van der Waals surface area contributed by atoms with Crippen LogP contribution in [0.1, 0.15) is 25.8 Å². The summed E-state index contributed by atoms with van der Waals surface area (Å²) in [5.74, 6) is 0.881. The minimum absolute atomic E-state index is 0.541. The Hall–Kier alpha value is -0.850. The molecule has 0 N–H and O–H groups in total. The van der Waals surface area contributed by atoms with Crippen molar-refractivity contribution in [3.8, 4) is 0 Å². The van der Waals surface area contributed by atoms with Crippen LogP contribution in [0.25, 0.3) is 0 Å². The normalized spacial score (nSPS) is 33.3. The average molecular weight is 160 g/mol. The molecule has 0 bridgehead atoms. The molecule has 1 radical (unpaired) electrons. The first-order chi connectivity index (χ1) is 5.71. The van der Waals surface area contributed by atoms with Crippen LogP contribution in [-0.2, 0) is 6.42 Å². The van der Waals surface area contributed by atoms with Gasteiger partial charge >= 0.3 is 0 Å². The van der Waals surface area contributed by atoms with Crippen LogP contribution in [0.4, 0.5) is 0 Å². The number of nitrogens with zero attached hydrogens (tertiary/aromatic N) is 1. The van der Waals surface area contributed by atoms with Crippen LogP contribution >= 0.6 is 0 Å². The molecule has 1 fully saturated rings. The summed E-state index contributed by atoms with van der Waals surface area (Å²) in [6.45, 7) is 4.66. The highest BCUT2D eigenvalue weighted by Gasteiger charge is 2.46. The van der Waals surface area contributed by atoms with Gasteiger partial charge in [0, 0.05) is 6.20 Å². The van der Waals surface area contributed by atoms with Gasteiger partial charge in [-0.15, -0.1) is 0 Å². The van der Waals surface area contributed by atoms with Crippen LogP contribution in [0, 0.1) is 17.5 Å². The van der Waals surface area contributed by atoms with E-state index in [0.717, 1.165) is 12.3 Å². The van der Waals surface area contributed by atoms with E-state index in [1.807, 2.05) is 6.07 Å². The number of hydrogen-bond donors (Lipinski definition) is 0. The summed E-state index contributed by atoms with van der Waals surface area (Å²) >= 11 is 0. The van der Waals surface area contributed by atoms with E-state index in [1.54, 1.807) is 6.20 Å². The highest BCUT2D eigenvalue weighted by molar-refractivity contribution is 5.13. The van der Waals surface area contributed by atoms with E-state index in [1.165, 1.54) is 12.0 Å². The molecule has 1 aliphatic carbocycles. The first-order valence-electron chi connectivity index (χ1n) is 4.52. The third-order valence-electron chi connectivity index (χ3n) is 3.06. The van der Waals surface area contributed by atoms with Crippen LogP contribution in [-0.4, -0.2) is 4.98 Å². The molecule has 0 aromatic carbocycles. The van der Waals surface area contributed by atoms with Gasteiger partial charge in [-0.05, 0) is 35.8 Å². The van der Waals surface area contributed by atoms with Crippen molar-refractivity contribution in [2.75, 3.05) is 0 Å². The predicted molar refractivity (Wildman–Crippen MR) is 48.7 cm³/mol. The molecule has 1 aromatic heterocycles. The fraction of sp³-hybridized carbons (Fsp3) is 0.545. The maximum atomic E-state index is 4.00. The summed E-state index contributed by atoms with van der Waals surface area (Å²) in [7, 11) is 0. The SMILES string of the molecule is CC1CC1(C)Cc1[c]nccc1. The summed E-state index contributed by atoms with van der Waals surface area (Å²) in [5.41, 5.74) is 1.80. The van der Waals surface area contributed by atoms with Gasteiger partial charge in [-0.3, -0.25) is 4.98 Å². The first-order valence-corrected chi connectivity index (χ1v) is 4.52. The average Bonchev–Trinajstić information content (AvgIpc) is 2.61. The van der Waals surface area contributed by atoms with E-state index in [9.17, 15) is 0 Å². The molecular formula is C11H14N. The molecule has 1 heteroatoms. The molecule has 1 aromatic rings. The van der Waals surface area contributed by atoms with E-state index in [2.05, 4.69) is 31.1 Å². The minimum atomic E-state index is 0.541. The van der Waals surface area contributed by atoms with E-state index in [0.29, 0.717) is 5.41 Å². The van der Waals surface area contributed by atoms with Crippen molar-refractivity contribution in [3.63, 3.8) is 0 Å². The highest BCUT2D eigenvalue weighted by atomic mass is 14.6. The summed E-state index contributed by atoms with van der Waals surface area (Å²) in [6.07, 6.45) is 7.31. The van der Waals surface area contributed by atoms with Crippen LogP contribution in [0.2, 0.25) is 0 Å². The second kappa shape index (κ2) is 2.58. The Balaban J connectivity index is 2.06. The quantitative estimate of drug-likeness (QED) is 0.647. The van der Waals surface area contributed by atoms with Crippen molar-refractivity contribution in [1.29, 1.82) is 0 Å². The predicted octanol–water partition coefficient (Wildman–Crippen LogP) is 2.47. The molecule has 1 aliphatic rings. The molecule has 2 rings (SSSR count). The molecule has 0 amide bonds. The number of aromatic nitrogens is 1. The summed E-state index contributed by atoms with van der Waals surface area (Å²) in [5, 5.41) is 0. The van der Waals surface area contributed by atoms with Crippen LogP contribution in [0.3, 0.4) is 0 Å². The molecule has 0 saturated heterocycles. The van der Waals surface area contributed by atoms with Gasteiger partial charge in [0.15, 0.2) is 0 Å². The lowest BCUT2D eigenvalue weighted by Crippen LogP contribution is -2.02. The van der Waals surface area contributed by atoms with Crippen molar-refractivity contribution >= 4 is 0 Å². The smallest absolute Gasteiger partial charge is 0.0921 e. The molecule has 63 valence electrons. The Bertz CT molecular complexity index is 268. The standard InChI is InChI=1S/C11H14N/c1-9-6-11(9,2)7-10-4-3-5-12-8-10/h3-5,9H,6-7H2,1-2H3. The topological polar surface area (TPSA) is 12.9 Å². The maximum absolute atomic E-state index is 4.00. The lowest BCUT2D eigenvalue weighted by atomic mass is 9.98. The van der Waals surface area contributed by atoms with Crippen molar-refractivity contribution in [2.45, 2.75) is 26.7 Å². The molecule has 2 unspecified atom stereocenters. The van der Waals surface area contributed by atoms with Crippen LogP contribution < -0.4 is 0 Å². The lowest BCUT2D eigenvalue weighted by molar-refractivity contribution is 0.516. The van der Waals surface area contributed by atoms with Gasteiger partial charge in [0.1, 0.15) is 0 Å². The largest absolute Gasteiger partial charge is 0.254 e. The van der Waals surface area contributed by atoms with Crippen molar-refractivity contribution < 1.29 is 0 Å². The van der Waals surface area contributed by atoms with Crippen molar-refractivity contribution in [3.05, 3.63) is 30.1 Å². The zero-order valence-corrected chi connectivity index (χ0v) is 7.67. The Morgan fingerprint density at radius 3 is 3.00 bits per heavy atom. The Morgan fingerprint density at radius 2 is 2.50 bits per heavy atom. The monoisotopic (exact) mass is 160 g/mol. The summed E-state index contributed by atoms with van der Waals surface area (Å²) in [6, 6.07) is 4.10. The molecule has 0 spiro atoms. The third-order valence-corrected chi connectivity index (χ3v) is 3.06. The van der Waals surface area contributed by atoms with E-state index < -0.39 is 0 Å². The fourth-order valence-corrected chi connectivity index (χ4v) is 1.78. The second-order valence-electron chi connectivity index (χ2n) is 4.21. The summed E-state index contributed by atoms with van der Waals surface area (Å²) in [4.78, 5) is 4.00. The van der Waals surface area contributed by atoms with Gasteiger partial charge in [-0.1, -0.05) is 19.9 Å². The van der Waals surface area contributed by atoms with Gasteiger partial charge in [-0.2, -0.15) is 0 Å². The summed E-state index contributed by atoms with van der Waals surface area (Å²) < 4.78 is 0. The third kappa shape index (κ3) is 1.36. The number of rotatable bonds is 2. The van der Waals surface area contributed by atoms with Crippen molar-refractivity contribution in [1.82, 2.24) is 4.98 Å². The van der Waals surface area contributed by atoms with E-state index in [4.69, 9.17) is 0 Å². The number of hydrogen-bond acceptors (Lipinski definition) is 1. The van der Waals surface area contributed by atoms with Gasteiger partial charge in [0.2, 0.25) is 0 Å². The van der Waals surface area contributed by atoms with Crippen LogP contribution in [0.15, 0.2) is 18.3 Å². The lowest BCUT2D eigenvalue weighted by Gasteiger charge is -2.07. The first kappa shape index (κ1) is 7.78. The van der Waals surface area contributed by atoms with E-state index in [-0.39, 0.29) is 0 Å². The highest BCUT2D eigenvalue weighted by Crippen LogP contribution is 2.53. The minimum Gasteiger partial charge on any atom is -0.254 e. The Kier molecular flexibility index (Phi) is 1.67.